The Morgan fingerprint density at radius 2 is 0.979 bits per heavy atom. The molecular weight excluding hydrogens is 648 g/mol. The van der Waals surface area contributed by atoms with Crippen molar-refractivity contribution in [1.82, 2.24) is 0 Å². The van der Waals surface area contributed by atoms with Crippen LogP contribution in [0.15, 0.2) is 109 Å². The third-order valence-corrected chi connectivity index (χ3v) is 7.99. The molecule has 0 amide bonds. The first-order valence-corrected chi connectivity index (χ1v) is 17.3. The molecule has 1 fully saturated rings. The van der Waals surface area contributed by atoms with Crippen molar-refractivity contribution in [2.45, 2.75) is 103 Å². The van der Waals surface area contributed by atoms with Gasteiger partial charge in [-0.3, -0.25) is 0 Å². The summed E-state index contributed by atoms with van der Waals surface area (Å²) in [6, 6.07) is 37.2. The van der Waals surface area contributed by atoms with Crippen molar-refractivity contribution < 1.29 is 26.2 Å². The van der Waals surface area contributed by atoms with Crippen LogP contribution in [0, 0.1) is 20.8 Å². The standard InChI is InChI=1S/C23H38N2.3C7H7.Zr/c1-6-7-16-24-21-14-9-8-10-15-22(21)25-23-19(17(2)3)12-11-13-20(23)18(4)5;3*1-7-5-3-2-4-6-7;/h11-13,17-18,21-22H,6-10,14-16H2,1-5H3;3*2-6H,1H2;/q-2;3*-1;. The number of nitrogens with zero attached hydrogens (tertiary/aromatic N) is 2. The van der Waals surface area contributed by atoms with E-state index in [-0.39, 0.29) is 26.2 Å². The van der Waals surface area contributed by atoms with Gasteiger partial charge in [-0.15, -0.1) is 54.7 Å². The van der Waals surface area contributed by atoms with Gasteiger partial charge in [-0.2, -0.15) is 79.9 Å². The van der Waals surface area contributed by atoms with Crippen molar-refractivity contribution in [2.75, 3.05) is 6.54 Å². The molecule has 2 atom stereocenters. The predicted octanol–water partition coefficient (Wildman–Crippen LogP) is 13.4. The molecule has 254 valence electrons. The van der Waals surface area contributed by atoms with Gasteiger partial charge in [-0.05, 0) is 11.8 Å². The second-order valence-corrected chi connectivity index (χ2v) is 12.7. The fourth-order valence-electron chi connectivity index (χ4n) is 5.31. The third kappa shape index (κ3) is 17.7. The Morgan fingerprint density at radius 3 is 1.32 bits per heavy atom. The maximum absolute atomic E-state index is 5.39. The van der Waals surface area contributed by atoms with Gasteiger partial charge in [-0.1, -0.05) is 127 Å². The topological polar surface area (TPSA) is 28.2 Å². The normalized spacial score (nSPS) is 15.3. The zero-order valence-corrected chi connectivity index (χ0v) is 32.3. The van der Waals surface area contributed by atoms with Crippen LogP contribution < -0.4 is 0 Å². The molecule has 5 rings (SSSR count). The maximum atomic E-state index is 5.39. The van der Waals surface area contributed by atoms with E-state index in [1.54, 1.807) is 0 Å². The summed E-state index contributed by atoms with van der Waals surface area (Å²) in [4.78, 5) is 0. The van der Waals surface area contributed by atoms with E-state index < -0.39 is 0 Å². The van der Waals surface area contributed by atoms with Crippen LogP contribution in [0.5, 0.6) is 0 Å². The van der Waals surface area contributed by atoms with Gasteiger partial charge in [-0.25, -0.2) is 0 Å². The van der Waals surface area contributed by atoms with Gasteiger partial charge in [0.1, 0.15) is 0 Å². The summed E-state index contributed by atoms with van der Waals surface area (Å²) in [6.45, 7) is 23.6. The molecule has 0 aromatic heterocycles. The molecule has 0 aliphatic heterocycles. The van der Waals surface area contributed by atoms with Gasteiger partial charge in [0, 0.05) is 26.2 Å². The van der Waals surface area contributed by atoms with E-state index in [2.05, 4.69) is 73.6 Å². The molecule has 1 saturated carbocycles. The molecule has 4 aromatic rings. The molecule has 4 aromatic carbocycles. The minimum atomic E-state index is 0. The fourth-order valence-corrected chi connectivity index (χ4v) is 5.31. The second-order valence-electron chi connectivity index (χ2n) is 12.7. The Labute approximate surface area is 308 Å². The first-order valence-electron chi connectivity index (χ1n) is 17.3. The monoisotopic (exact) mass is 705 g/mol. The average Bonchev–Trinajstić information content (AvgIpc) is 3.28. The molecule has 0 spiro atoms. The number of hydrogen-bond donors (Lipinski definition) is 0. The van der Waals surface area contributed by atoms with Crippen molar-refractivity contribution in [3.05, 3.63) is 168 Å². The first-order chi connectivity index (χ1) is 22.2. The van der Waals surface area contributed by atoms with E-state index in [0.29, 0.717) is 23.9 Å². The quantitative estimate of drug-likeness (QED) is 0.0991. The summed E-state index contributed by atoms with van der Waals surface area (Å²) in [6.07, 6.45) is 8.82. The van der Waals surface area contributed by atoms with E-state index >= 15 is 0 Å². The SMILES string of the molecule is CCCC[N-]C1CCCCCC1[N-]c1c(C(C)C)cccc1C(C)C.[CH2-]c1ccccc1.[CH2-]c1ccccc1.[CH2-]c1ccccc1.[Zr]. The molecule has 0 heterocycles. The Hall–Kier alpha value is -2.87. The van der Waals surface area contributed by atoms with Crippen LogP contribution in [-0.2, 0) is 26.2 Å². The number of benzene rings is 4. The largest absolute Gasteiger partial charge is 0.682 e. The van der Waals surface area contributed by atoms with Gasteiger partial charge < -0.3 is 10.6 Å². The van der Waals surface area contributed by atoms with Crippen molar-refractivity contribution >= 4 is 5.69 Å². The smallest absolute Gasteiger partial charge is 0 e. The second kappa shape index (κ2) is 25.2. The van der Waals surface area contributed by atoms with Gasteiger partial charge in [0.25, 0.3) is 0 Å². The van der Waals surface area contributed by atoms with Crippen LogP contribution in [0.4, 0.5) is 5.69 Å². The molecule has 2 nitrogen and oxygen atoms in total. The number of para-hydroxylation sites is 1. The molecule has 3 heteroatoms. The molecule has 1 aliphatic rings. The predicted molar refractivity (Wildman–Crippen MR) is 204 cm³/mol. The Morgan fingerprint density at radius 1 is 0.574 bits per heavy atom. The number of rotatable bonds is 8. The molecule has 0 saturated heterocycles. The van der Waals surface area contributed by atoms with E-state index in [1.807, 2.05) is 91.0 Å². The van der Waals surface area contributed by atoms with Crippen LogP contribution in [0.2, 0.25) is 0 Å². The zero-order chi connectivity index (χ0) is 33.6. The van der Waals surface area contributed by atoms with Gasteiger partial charge >= 0.3 is 0 Å². The van der Waals surface area contributed by atoms with Gasteiger partial charge in [0.15, 0.2) is 0 Å². The van der Waals surface area contributed by atoms with Gasteiger partial charge in [0.2, 0.25) is 0 Å². The van der Waals surface area contributed by atoms with E-state index in [1.165, 1.54) is 61.8 Å². The molecular formula is C44H59N2Zr-5. The fraction of sp³-hybridized carbons (Fsp3) is 0.386. The number of hydrogen-bond acceptors (Lipinski definition) is 0. The minimum absolute atomic E-state index is 0. The average molecular weight is 707 g/mol. The summed E-state index contributed by atoms with van der Waals surface area (Å²) in [5.74, 6) is 1.03. The summed E-state index contributed by atoms with van der Waals surface area (Å²) < 4.78 is 0. The van der Waals surface area contributed by atoms with E-state index in [4.69, 9.17) is 10.6 Å². The zero-order valence-electron chi connectivity index (χ0n) is 29.9. The van der Waals surface area contributed by atoms with Crippen molar-refractivity contribution in [3.8, 4) is 0 Å². The minimum Gasteiger partial charge on any atom is -0.682 e. The summed E-state index contributed by atoms with van der Waals surface area (Å²) in [7, 11) is 0. The summed E-state index contributed by atoms with van der Waals surface area (Å²) in [5.41, 5.74) is 7.30. The molecule has 1 aliphatic carbocycles. The summed E-state index contributed by atoms with van der Waals surface area (Å²) >= 11 is 0. The maximum Gasteiger partial charge on any atom is 0 e. The van der Waals surface area contributed by atoms with E-state index in [9.17, 15) is 0 Å². The molecule has 0 N–H and O–H groups in total. The van der Waals surface area contributed by atoms with Crippen molar-refractivity contribution in [3.63, 3.8) is 0 Å². The Kier molecular flexibility index (Phi) is 22.6. The van der Waals surface area contributed by atoms with Crippen molar-refractivity contribution in [1.29, 1.82) is 0 Å². The van der Waals surface area contributed by atoms with Crippen LogP contribution in [-0.4, -0.2) is 18.6 Å². The van der Waals surface area contributed by atoms with Crippen LogP contribution in [0.1, 0.15) is 119 Å². The van der Waals surface area contributed by atoms with Crippen LogP contribution in [0.25, 0.3) is 10.6 Å². The number of unbranched alkanes of at least 4 members (excludes halogenated alkanes) is 1. The van der Waals surface area contributed by atoms with Crippen LogP contribution in [0.3, 0.4) is 0 Å². The van der Waals surface area contributed by atoms with Crippen molar-refractivity contribution in [2.24, 2.45) is 0 Å². The Bertz CT molecular complexity index is 1170. The molecule has 0 bridgehead atoms. The van der Waals surface area contributed by atoms with E-state index in [0.717, 1.165) is 23.2 Å². The first kappa shape index (κ1) is 42.2. The molecule has 0 radical (unpaired) electrons. The third-order valence-electron chi connectivity index (χ3n) is 7.99. The summed E-state index contributed by atoms with van der Waals surface area (Å²) in [5, 5.41) is 10.5. The van der Waals surface area contributed by atoms with Gasteiger partial charge in [0.05, 0.1) is 0 Å². The molecule has 47 heavy (non-hydrogen) atoms. The van der Waals surface area contributed by atoms with Crippen LogP contribution >= 0.6 is 0 Å². The molecule has 2 unspecified atom stereocenters. The Balaban J connectivity index is 0.000000401.